The number of aromatic amines is 1. The summed E-state index contributed by atoms with van der Waals surface area (Å²) in [4.78, 5) is 36.7. The molecule has 0 bridgehead atoms. The van der Waals surface area contributed by atoms with Gasteiger partial charge in [0.15, 0.2) is 0 Å². The molecule has 0 radical (unpaired) electrons. The highest BCUT2D eigenvalue weighted by molar-refractivity contribution is 5.77. The summed E-state index contributed by atoms with van der Waals surface area (Å²) >= 11 is 0. The number of ether oxygens (including phenoxy) is 1. The second-order valence-corrected chi connectivity index (χ2v) is 9.18. The van der Waals surface area contributed by atoms with Gasteiger partial charge in [-0.25, -0.2) is 4.98 Å². The van der Waals surface area contributed by atoms with E-state index in [2.05, 4.69) is 28.7 Å². The fraction of sp³-hybridized carbons (Fsp3) is 0.625. The van der Waals surface area contributed by atoms with Gasteiger partial charge in [0.25, 0.3) is 5.56 Å². The van der Waals surface area contributed by atoms with Crippen LogP contribution < -0.4 is 5.56 Å². The highest BCUT2D eigenvalue weighted by atomic mass is 16.5. The van der Waals surface area contributed by atoms with Gasteiger partial charge in [0, 0.05) is 45.6 Å². The molecule has 1 amide bonds. The molecule has 4 rings (SSSR count). The number of carbonyl (C=O) groups is 1. The van der Waals surface area contributed by atoms with Crippen molar-refractivity contribution in [3.63, 3.8) is 0 Å². The topological polar surface area (TPSA) is 78.5 Å². The van der Waals surface area contributed by atoms with E-state index in [1.807, 2.05) is 23.1 Å². The molecule has 1 aromatic carbocycles. The Kier molecular flexibility index (Phi) is 7.02. The third kappa shape index (κ3) is 5.71. The van der Waals surface area contributed by atoms with Gasteiger partial charge in [-0.1, -0.05) is 12.1 Å². The number of H-pyrrole nitrogens is 1. The lowest BCUT2D eigenvalue weighted by Gasteiger charge is -2.39. The molecule has 0 aliphatic carbocycles. The summed E-state index contributed by atoms with van der Waals surface area (Å²) in [6, 6.07) is 7.34. The van der Waals surface area contributed by atoms with Crippen molar-refractivity contribution in [2.75, 3.05) is 32.7 Å². The van der Waals surface area contributed by atoms with Crippen molar-refractivity contribution >= 4 is 16.8 Å². The number of fused-ring (bicyclic) bond motifs is 1. The Hall–Kier alpha value is -2.25. The van der Waals surface area contributed by atoms with Gasteiger partial charge < -0.3 is 14.6 Å². The zero-order chi connectivity index (χ0) is 21.8. The van der Waals surface area contributed by atoms with Crippen molar-refractivity contribution in [2.24, 2.45) is 5.92 Å². The first-order valence-corrected chi connectivity index (χ1v) is 11.6. The van der Waals surface area contributed by atoms with Crippen LogP contribution in [0, 0.1) is 5.92 Å². The van der Waals surface area contributed by atoms with Crippen LogP contribution in [0.3, 0.4) is 0 Å². The Morgan fingerprint density at radius 2 is 1.87 bits per heavy atom. The van der Waals surface area contributed by atoms with Crippen LogP contribution in [0.4, 0.5) is 0 Å². The third-order valence-corrected chi connectivity index (χ3v) is 6.44. The van der Waals surface area contributed by atoms with Crippen LogP contribution >= 0.6 is 0 Å². The molecule has 2 fully saturated rings. The Balaban J connectivity index is 1.20. The summed E-state index contributed by atoms with van der Waals surface area (Å²) in [5.41, 5.74) is 0.594. The van der Waals surface area contributed by atoms with E-state index in [-0.39, 0.29) is 11.5 Å². The van der Waals surface area contributed by atoms with Gasteiger partial charge in [-0.2, -0.15) is 0 Å². The van der Waals surface area contributed by atoms with Gasteiger partial charge in [0.1, 0.15) is 5.82 Å². The van der Waals surface area contributed by atoms with Crippen LogP contribution in [-0.4, -0.2) is 70.6 Å². The number of amides is 1. The molecule has 31 heavy (non-hydrogen) atoms. The minimum absolute atomic E-state index is 0.113. The van der Waals surface area contributed by atoms with Crippen LogP contribution in [0.2, 0.25) is 0 Å². The maximum Gasteiger partial charge on any atom is 0.258 e. The van der Waals surface area contributed by atoms with E-state index in [9.17, 15) is 9.59 Å². The summed E-state index contributed by atoms with van der Waals surface area (Å²) in [7, 11) is 0. The van der Waals surface area contributed by atoms with Gasteiger partial charge >= 0.3 is 0 Å². The van der Waals surface area contributed by atoms with Gasteiger partial charge in [0.2, 0.25) is 5.91 Å². The van der Waals surface area contributed by atoms with Crippen LogP contribution in [0.1, 0.15) is 45.4 Å². The first-order valence-electron chi connectivity index (χ1n) is 11.6. The number of aryl methyl sites for hydroxylation is 1. The van der Waals surface area contributed by atoms with Crippen molar-refractivity contribution in [3.8, 4) is 0 Å². The molecule has 2 aliphatic heterocycles. The van der Waals surface area contributed by atoms with Crippen LogP contribution in [0.15, 0.2) is 29.1 Å². The van der Waals surface area contributed by atoms with E-state index in [1.165, 1.54) is 0 Å². The van der Waals surface area contributed by atoms with E-state index < -0.39 is 0 Å². The zero-order valence-corrected chi connectivity index (χ0v) is 18.7. The van der Waals surface area contributed by atoms with Crippen molar-refractivity contribution in [1.82, 2.24) is 19.8 Å². The van der Waals surface area contributed by atoms with E-state index >= 15 is 0 Å². The van der Waals surface area contributed by atoms with Crippen molar-refractivity contribution in [2.45, 2.75) is 58.2 Å². The SMILES string of the molecule is CC1CN(CC2CCN(C(=O)CCCc3nc4ccccc4c(=O)[nH]3)CC2)CC(C)O1. The zero-order valence-electron chi connectivity index (χ0n) is 18.7. The Morgan fingerprint density at radius 3 is 2.61 bits per heavy atom. The number of carbonyl (C=O) groups excluding carboxylic acids is 1. The maximum atomic E-state index is 12.7. The largest absolute Gasteiger partial charge is 0.373 e. The molecular weight excluding hydrogens is 392 g/mol. The summed E-state index contributed by atoms with van der Waals surface area (Å²) in [6.45, 7) is 9.12. The maximum absolute atomic E-state index is 12.7. The highest BCUT2D eigenvalue weighted by Crippen LogP contribution is 2.21. The number of morpholine rings is 1. The molecule has 7 heteroatoms. The smallest absolute Gasteiger partial charge is 0.258 e. The number of nitrogens with one attached hydrogen (secondary N) is 1. The van der Waals surface area contributed by atoms with Crippen LogP contribution in [0.5, 0.6) is 0 Å². The summed E-state index contributed by atoms with van der Waals surface area (Å²) < 4.78 is 5.83. The minimum Gasteiger partial charge on any atom is -0.373 e. The molecule has 168 valence electrons. The summed E-state index contributed by atoms with van der Waals surface area (Å²) in [6.07, 6.45) is 4.56. The average Bonchev–Trinajstić information content (AvgIpc) is 2.73. The molecule has 0 saturated carbocycles. The fourth-order valence-electron chi connectivity index (χ4n) is 4.98. The molecule has 2 unspecified atom stereocenters. The number of hydrogen-bond acceptors (Lipinski definition) is 5. The van der Waals surface area contributed by atoms with E-state index in [1.54, 1.807) is 6.07 Å². The second-order valence-electron chi connectivity index (χ2n) is 9.18. The number of likely N-dealkylation sites (tertiary alicyclic amines) is 1. The fourth-order valence-corrected chi connectivity index (χ4v) is 4.98. The molecular formula is C24H34N4O3. The molecule has 2 aromatic rings. The number of para-hydroxylation sites is 1. The number of piperidine rings is 1. The first-order chi connectivity index (χ1) is 15.0. The Labute approximate surface area is 183 Å². The van der Waals surface area contributed by atoms with Gasteiger partial charge in [0.05, 0.1) is 23.1 Å². The lowest BCUT2D eigenvalue weighted by molar-refractivity contribution is -0.132. The predicted octanol–water partition coefficient (Wildman–Crippen LogP) is 2.59. The second kappa shape index (κ2) is 9.92. The standard InChI is InChI=1S/C24H34N4O3/c1-17-14-27(15-18(2)31-17)16-19-10-12-28(13-11-19)23(29)9-5-8-22-25-21-7-4-3-6-20(21)24(30)26-22/h3-4,6-7,17-19H,5,8-16H2,1-2H3,(H,25,26,30). The van der Waals surface area contributed by atoms with Crippen LogP contribution in [-0.2, 0) is 16.0 Å². The normalized spacial score (nSPS) is 23.4. The number of rotatable bonds is 6. The predicted molar refractivity (Wildman–Crippen MR) is 121 cm³/mol. The monoisotopic (exact) mass is 426 g/mol. The Bertz CT molecular complexity index is 941. The quantitative estimate of drug-likeness (QED) is 0.768. The van der Waals surface area contributed by atoms with Gasteiger partial charge in [-0.15, -0.1) is 0 Å². The van der Waals surface area contributed by atoms with E-state index in [0.29, 0.717) is 54.1 Å². The first kappa shape index (κ1) is 22.0. The minimum atomic E-state index is -0.113. The third-order valence-electron chi connectivity index (χ3n) is 6.44. The molecule has 0 spiro atoms. The number of hydrogen-bond donors (Lipinski definition) is 1. The Morgan fingerprint density at radius 1 is 1.16 bits per heavy atom. The lowest BCUT2D eigenvalue weighted by atomic mass is 9.95. The van der Waals surface area contributed by atoms with Crippen LogP contribution in [0.25, 0.3) is 10.9 Å². The molecule has 2 saturated heterocycles. The molecule has 1 N–H and O–H groups in total. The highest BCUT2D eigenvalue weighted by Gasteiger charge is 2.27. The summed E-state index contributed by atoms with van der Waals surface area (Å²) in [5.74, 6) is 1.54. The molecule has 3 heterocycles. The summed E-state index contributed by atoms with van der Waals surface area (Å²) in [5, 5.41) is 0.603. The van der Waals surface area contributed by atoms with Gasteiger partial charge in [-0.05, 0) is 51.2 Å². The van der Waals surface area contributed by atoms with E-state index in [0.717, 1.165) is 45.6 Å². The number of aromatic nitrogens is 2. The number of benzene rings is 1. The van der Waals surface area contributed by atoms with Gasteiger partial charge in [-0.3, -0.25) is 14.5 Å². The molecule has 1 aromatic heterocycles. The number of nitrogens with zero attached hydrogens (tertiary/aromatic N) is 3. The lowest BCUT2D eigenvalue weighted by Crippen LogP contribution is -2.48. The van der Waals surface area contributed by atoms with Crippen molar-refractivity contribution in [1.29, 1.82) is 0 Å². The average molecular weight is 427 g/mol. The van der Waals surface area contributed by atoms with E-state index in [4.69, 9.17) is 4.74 Å². The van der Waals surface area contributed by atoms with Crippen molar-refractivity contribution < 1.29 is 9.53 Å². The molecule has 7 nitrogen and oxygen atoms in total. The molecule has 2 aliphatic rings. The molecule has 2 atom stereocenters. The van der Waals surface area contributed by atoms with Crippen molar-refractivity contribution in [3.05, 3.63) is 40.4 Å².